The molecule has 0 fully saturated rings. The van der Waals surface area contributed by atoms with Gasteiger partial charge in [0.25, 0.3) is 0 Å². The molecule has 2 aromatic rings. The molecule has 2 nitrogen and oxygen atoms in total. The van der Waals surface area contributed by atoms with E-state index < -0.39 is 0 Å². The summed E-state index contributed by atoms with van der Waals surface area (Å²) in [5, 5.41) is 3.33. The lowest BCUT2D eigenvalue weighted by molar-refractivity contribution is 0.306. The summed E-state index contributed by atoms with van der Waals surface area (Å²) < 4.78 is 5.83. The minimum absolute atomic E-state index is 0.620. The average molecular weight is 283 g/mol. The fraction of sp³-hybridized carbons (Fsp3) is 0.368. The summed E-state index contributed by atoms with van der Waals surface area (Å²) >= 11 is 0. The molecule has 112 valence electrons. The van der Waals surface area contributed by atoms with Crippen LogP contribution in [0.3, 0.4) is 0 Å². The van der Waals surface area contributed by atoms with Crippen LogP contribution in [0.15, 0.2) is 48.5 Å². The third-order valence-corrected chi connectivity index (χ3v) is 3.47. The molecular weight excluding hydrogens is 258 g/mol. The first kappa shape index (κ1) is 15.6. The van der Waals surface area contributed by atoms with Gasteiger partial charge in [-0.05, 0) is 41.8 Å². The molecule has 0 aliphatic heterocycles. The van der Waals surface area contributed by atoms with Crippen LogP contribution < -0.4 is 10.1 Å². The topological polar surface area (TPSA) is 21.3 Å². The van der Waals surface area contributed by atoms with Crippen LogP contribution in [-0.4, -0.2) is 6.54 Å². The van der Waals surface area contributed by atoms with Crippen molar-refractivity contribution < 1.29 is 4.74 Å². The predicted octanol–water partition coefficient (Wildman–Crippen LogP) is 4.33. The molecule has 21 heavy (non-hydrogen) atoms. The van der Waals surface area contributed by atoms with E-state index in [0.717, 1.165) is 25.3 Å². The zero-order valence-electron chi connectivity index (χ0n) is 13.1. The van der Waals surface area contributed by atoms with E-state index in [1.54, 1.807) is 0 Å². The van der Waals surface area contributed by atoms with Crippen molar-refractivity contribution in [3.05, 3.63) is 65.2 Å². The highest BCUT2D eigenvalue weighted by Crippen LogP contribution is 2.15. The summed E-state index contributed by atoms with van der Waals surface area (Å²) in [6, 6.07) is 17.0. The largest absolute Gasteiger partial charge is 0.489 e. The van der Waals surface area contributed by atoms with Gasteiger partial charge in [-0.2, -0.15) is 0 Å². The number of nitrogens with one attached hydrogen (secondary N) is 1. The summed E-state index contributed by atoms with van der Waals surface area (Å²) in [4.78, 5) is 0. The van der Waals surface area contributed by atoms with Crippen LogP contribution in [0.2, 0.25) is 0 Å². The normalized spacial score (nSPS) is 10.6. The van der Waals surface area contributed by atoms with Gasteiger partial charge in [0.15, 0.2) is 0 Å². The summed E-state index contributed by atoms with van der Waals surface area (Å²) in [7, 11) is 0. The molecule has 0 bridgehead atoms. The van der Waals surface area contributed by atoms with Crippen LogP contribution in [0, 0.1) is 0 Å². The molecule has 0 aliphatic carbocycles. The Morgan fingerprint density at radius 2 is 1.43 bits per heavy atom. The van der Waals surface area contributed by atoms with Gasteiger partial charge in [-0.25, -0.2) is 0 Å². The number of rotatable bonds is 8. The van der Waals surface area contributed by atoms with Crippen molar-refractivity contribution in [3.8, 4) is 5.75 Å². The highest BCUT2D eigenvalue weighted by molar-refractivity contribution is 5.28. The third-order valence-electron chi connectivity index (χ3n) is 3.47. The molecule has 2 aromatic carbocycles. The van der Waals surface area contributed by atoms with Crippen LogP contribution in [-0.2, 0) is 19.6 Å². The quantitative estimate of drug-likeness (QED) is 0.778. The molecule has 0 saturated carbocycles. The number of benzene rings is 2. The fourth-order valence-electron chi connectivity index (χ4n) is 2.23. The summed E-state index contributed by atoms with van der Waals surface area (Å²) in [6.07, 6.45) is 2.31. The van der Waals surface area contributed by atoms with E-state index in [-0.39, 0.29) is 0 Å². The van der Waals surface area contributed by atoms with E-state index in [9.17, 15) is 0 Å². The molecule has 2 rings (SSSR count). The lowest BCUT2D eigenvalue weighted by atomic mass is 10.1. The van der Waals surface area contributed by atoms with Gasteiger partial charge in [-0.3, -0.25) is 0 Å². The Morgan fingerprint density at radius 1 is 0.810 bits per heavy atom. The van der Waals surface area contributed by atoms with E-state index in [4.69, 9.17) is 4.74 Å². The fourth-order valence-corrected chi connectivity index (χ4v) is 2.23. The molecule has 0 aromatic heterocycles. The molecule has 0 spiro atoms. The Labute approximate surface area is 128 Å². The smallest absolute Gasteiger partial charge is 0.119 e. The van der Waals surface area contributed by atoms with Crippen LogP contribution in [0.4, 0.5) is 0 Å². The van der Waals surface area contributed by atoms with E-state index >= 15 is 0 Å². The van der Waals surface area contributed by atoms with Crippen molar-refractivity contribution in [2.45, 2.75) is 39.8 Å². The molecule has 0 atom stereocenters. The maximum atomic E-state index is 5.83. The van der Waals surface area contributed by atoms with Gasteiger partial charge in [0.2, 0.25) is 0 Å². The minimum atomic E-state index is 0.620. The van der Waals surface area contributed by atoms with Gasteiger partial charge in [0.1, 0.15) is 12.4 Å². The number of hydrogen-bond acceptors (Lipinski definition) is 2. The highest BCUT2D eigenvalue weighted by Gasteiger charge is 1.98. The van der Waals surface area contributed by atoms with Gasteiger partial charge in [0, 0.05) is 6.54 Å². The van der Waals surface area contributed by atoms with E-state index in [1.807, 2.05) is 0 Å². The number of hydrogen-bond donors (Lipinski definition) is 1. The minimum Gasteiger partial charge on any atom is -0.489 e. The zero-order chi connectivity index (χ0) is 14.9. The van der Waals surface area contributed by atoms with Crippen LogP contribution in [0.5, 0.6) is 5.75 Å². The molecule has 0 radical (unpaired) electrons. The molecule has 0 amide bonds. The van der Waals surface area contributed by atoms with Crippen LogP contribution >= 0.6 is 0 Å². The van der Waals surface area contributed by atoms with Crippen molar-refractivity contribution in [1.29, 1.82) is 0 Å². The molecule has 0 heterocycles. The zero-order valence-corrected chi connectivity index (χ0v) is 13.1. The standard InChI is InChI=1S/C19H25NO/c1-3-5-16-10-12-19(13-11-16)21-15-18-8-6-17(7-9-18)14-20-4-2/h6-13,20H,3-5,14-15H2,1-2H3. The molecule has 0 unspecified atom stereocenters. The van der Waals surface area contributed by atoms with Gasteiger partial charge >= 0.3 is 0 Å². The summed E-state index contributed by atoms with van der Waals surface area (Å²) in [5.41, 5.74) is 3.88. The van der Waals surface area contributed by atoms with E-state index in [2.05, 4.69) is 67.7 Å². The molecule has 1 N–H and O–H groups in total. The van der Waals surface area contributed by atoms with Gasteiger partial charge in [-0.1, -0.05) is 56.7 Å². The van der Waals surface area contributed by atoms with Crippen molar-refractivity contribution in [2.24, 2.45) is 0 Å². The van der Waals surface area contributed by atoms with Crippen molar-refractivity contribution in [3.63, 3.8) is 0 Å². The number of aryl methyl sites for hydroxylation is 1. The first-order valence-electron chi connectivity index (χ1n) is 7.82. The second-order valence-corrected chi connectivity index (χ2v) is 5.28. The third kappa shape index (κ3) is 5.24. The predicted molar refractivity (Wildman–Crippen MR) is 88.6 cm³/mol. The SMILES string of the molecule is CCCc1ccc(OCc2ccc(CNCC)cc2)cc1. The maximum Gasteiger partial charge on any atom is 0.119 e. The summed E-state index contributed by atoms with van der Waals surface area (Å²) in [6.45, 7) is 6.86. The Bertz CT molecular complexity index is 516. The van der Waals surface area contributed by atoms with Crippen LogP contribution in [0.1, 0.15) is 37.0 Å². The average Bonchev–Trinajstić information content (AvgIpc) is 2.53. The molecule has 0 aliphatic rings. The van der Waals surface area contributed by atoms with Crippen molar-refractivity contribution >= 4 is 0 Å². The maximum absolute atomic E-state index is 5.83. The lowest BCUT2D eigenvalue weighted by Crippen LogP contribution is -2.11. The molecule has 0 saturated heterocycles. The first-order chi connectivity index (χ1) is 10.3. The van der Waals surface area contributed by atoms with Gasteiger partial charge in [0.05, 0.1) is 0 Å². The second kappa shape index (κ2) is 8.48. The Kier molecular flexibility index (Phi) is 6.29. The number of ether oxygens (including phenoxy) is 1. The van der Waals surface area contributed by atoms with Crippen molar-refractivity contribution in [2.75, 3.05) is 6.54 Å². The Balaban J connectivity index is 1.84. The molecule has 2 heteroatoms. The van der Waals surface area contributed by atoms with Gasteiger partial charge < -0.3 is 10.1 Å². The lowest BCUT2D eigenvalue weighted by Gasteiger charge is -2.08. The van der Waals surface area contributed by atoms with Gasteiger partial charge in [-0.15, -0.1) is 0 Å². The summed E-state index contributed by atoms with van der Waals surface area (Å²) in [5.74, 6) is 0.937. The second-order valence-electron chi connectivity index (χ2n) is 5.28. The molecular formula is C19H25NO. The van der Waals surface area contributed by atoms with Crippen LogP contribution in [0.25, 0.3) is 0 Å². The first-order valence-corrected chi connectivity index (χ1v) is 7.82. The van der Waals surface area contributed by atoms with Crippen molar-refractivity contribution in [1.82, 2.24) is 5.32 Å². The van der Waals surface area contributed by atoms with E-state index in [1.165, 1.54) is 23.1 Å². The Morgan fingerprint density at radius 3 is 2.05 bits per heavy atom. The highest BCUT2D eigenvalue weighted by atomic mass is 16.5. The Hall–Kier alpha value is -1.80. The van der Waals surface area contributed by atoms with E-state index in [0.29, 0.717) is 6.61 Å². The monoisotopic (exact) mass is 283 g/mol.